The van der Waals surface area contributed by atoms with Crippen LogP contribution < -0.4 is 5.32 Å². The first-order chi connectivity index (χ1) is 10.7. The van der Waals surface area contributed by atoms with Crippen LogP contribution in [0, 0.1) is 11.3 Å². The molecular weight excluding hydrogens is 300 g/mol. The van der Waals surface area contributed by atoms with Gasteiger partial charge in [0.15, 0.2) is 0 Å². The first kappa shape index (κ1) is 12.7. The fraction of sp³-hybridized carbons (Fsp3) is 0. The smallest absolute Gasteiger partial charge is 0.205 e. The van der Waals surface area contributed by atoms with Gasteiger partial charge in [0.2, 0.25) is 5.95 Å². The lowest BCUT2D eigenvalue weighted by atomic mass is 10.2. The summed E-state index contributed by atoms with van der Waals surface area (Å²) < 4.78 is 0. The Kier molecular flexibility index (Phi) is 2.74. The first-order valence-electron chi connectivity index (χ1n) is 6.54. The third kappa shape index (κ3) is 1.96. The molecule has 0 saturated carbocycles. The van der Waals surface area contributed by atoms with Crippen molar-refractivity contribution in [3.05, 3.63) is 47.2 Å². The number of pyridine rings is 1. The largest absolute Gasteiger partial charge is 0.358 e. The molecule has 0 atom stereocenters. The van der Waals surface area contributed by atoms with Crippen molar-refractivity contribution in [1.29, 1.82) is 5.26 Å². The quantitative estimate of drug-likeness (QED) is 0.492. The van der Waals surface area contributed by atoms with E-state index in [1.165, 1.54) is 0 Å². The van der Waals surface area contributed by atoms with Gasteiger partial charge in [0.25, 0.3) is 0 Å². The Balaban J connectivity index is 1.79. The van der Waals surface area contributed by atoms with Crippen LogP contribution in [0.15, 0.2) is 36.5 Å². The molecule has 106 valence electrons. The van der Waals surface area contributed by atoms with Gasteiger partial charge < -0.3 is 15.3 Å². The van der Waals surface area contributed by atoms with Gasteiger partial charge in [-0.15, -0.1) is 0 Å². The van der Waals surface area contributed by atoms with Crippen LogP contribution >= 0.6 is 11.6 Å². The van der Waals surface area contributed by atoms with Gasteiger partial charge in [-0.2, -0.15) is 5.26 Å². The normalized spacial score (nSPS) is 10.9. The van der Waals surface area contributed by atoms with Crippen LogP contribution in [0.1, 0.15) is 5.56 Å². The molecule has 0 spiro atoms. The molecule has 3 aromatic heterocycles. The maximum absolute atomic E-state index is 9.12. The molecule has 0 radical (unpaired) electrons. The number of nitrogens with one attached hydrogen (secondary N) is 3. The lowest BCUT2D eigenvalue weighted by Crippen LogP contribution is -1.91. The number of aromatic amines is 2. The Labute approximate surface area is 129 Å². The van der Waals surface area contributed by atoms with E-state index in [2.05, 4.69) is 31.3 Å². The van der Waals surface area contributed by atoms with Crippen LogP contribution in [0.3, 0.4) is 0 Å². The Morgan fingerprint density at radius 2 is 2.00 bits per heavy atom. The number of anilines is 2. The zero-order valence-corrected chi connectivity index (χ0v) is 11.9. The van der Waals surface area contributed by atoms with Crippen LogP contribution in [0.25, 0.3) is 22.1 Å². The summed E-state index contributed by atoms with van der Waals surface area (Å²) >= 11 is 5.94. The van der Waals surface area contributed by atoms with Crippen LogP contribution in [0.2, 0.25) is 5.15 Å². The van der Waals surface area contributed by atoms with Crippen molar-refractivity contribution in [3.8, 4) is 6.07 Å². The predicted molar refractivity (Wildman–Crippen MR) is 85.2 cm³/mol. The highest BCUT2D eigenvalue weighted by molar-refractivity contribution is 6.29. The molecule has 0 aliphatic rings. The Morgan fingerprint density at radius 3 is 2.86 bits per heavy atom. The van der Waals surface area contributed by atoms with Crippen molar-refractivity contribution in [3.63, 3.8) is 0 Å². The Bertz CT molecular complexity index is 1040. The number of hydrogen-bond acceptors (Lipinski definition) is 4. The third-order valence-corrected chi connectivity index (χ3v) is 3.59. The number of H-pyrrole nitrogens is 2. The van der Waals surface area contributed by atoms with E-state index in [9.17, 15) is 0 Å². The SMILES string of the molecule is N#Cc1cccc2[nH]c(Nc3c[nH]c4ccc(Cl)nc34)nc12. The highest BCUT2D eigenvalue weighted by atomic mass is 35.5. The number of rotatable bonds is 2. The number of imidazole rings is 1. The van der Waals surface area contributed by atoms with Gasteiger partial charge >= 0.3 is 0 Å². The molecule has 0 amide bonds. The number of hydrogen-bond donors (Lipinski definition) is 3. The monoisotopic (exact) mass is 308 g/mol. The van der Waals surface area contributed by atoms with E-state index in [1.54, 1.807) is 18.3 Å². The van der Waals surface area contributed by atoms with E-state index >= 15 is 0 Å². The van der Waals surface area contributed by atoms with Crippen molar-refractivity contribution >= 4 is 45.3 Å². The number of fused-ring (bicyclic) bond motifs is 2. The lowest BCUT2D eigenvalue weighted by molar-refractivity contribution is 1.31. The molecule has 0 aliphatic carbocycles. The molecule has 3 N–H and O–H groups in total. The molecule has 1 aromatic carbocycles. The van der Waals surface area contributed by atoms with E-state index in [1.807, 2.05) is 18.2 Å². The maximum atomic E-state index is 9.12. The second-order valence-corrected chi connectivity index (χ2v) is 5.14. The molecule has 0 aliphatic heterocycles. The molecule has 6 nitrogen and oxygen atoms in total. The molecule has 0 fully saturated rings. The molecule has 0 unspecified atom stereocenters. The minimum Gasteiger partial charge on any atom is -0.358 e. The summed E-state index contributed by atoms with van der Waals surface area (Å²) in [4.78, 5) is 15.0. The lowest BCUT2D eigenvalue weighted by Gasteiger charge is -1.99. The molecule has 0 saturated heterocycles. The number of nitrogens with zero attached hydrogens (tertiary/aromatic N) is 3. The van der Waals surface area contributed by atoms with E-state index in [4.69, 9.17) is 16.9 Å². The Hall–Kier alpha value is -3.04. The van der Waals surface area contributed by atoms with Crippen LogP contribution in [-0.4, -0.2) is 19.9 Å². The fourth-order valence-electron chi connectivity index (χ4n) is 2.38. The van der Waals surface area contributed by atoms with Gasteiger partial charge in [0, 0.05) is 6.20 Å². The maximum Gasteiger partial charge on any atom is 0.205 e. The average molecular weight is 309 g/mol. The van der Waals surface area contributed by atoms with E-state index in [0.717, 1.165) is 22.2 Å². The average Bonchev–Trinajstić information content (AvgIpc) is 3.11. The van der Waals surface area contributed by atoms with Crippen molar-refractivity contribution in [2.45, 2.75) is 0 Å². The van der Waals surface area contributed by atoms with Gasteiger partial charge in [-0.1, -0.05) is 17.7 Å². The highest BCUT2D eigenvalue weighted by Gasteiger charge is 2.10. The standard InChI is InChI=1S/C15H9ClN6/c16-12-5-4-9-14(21-12)11(7-18-9)20-15-19-10-3-1-2-8(6-17)13(10)22-15/h1-5,7,18H,(H2,19,20,22). The summed E-state index contributed by atoms with van der Waals surface area (Å²) in [6.07, 6.45) is 1.80. The zero-order chi connectivity index (χ0) is 15.1. The number of halogens is 1. The fourth-order valence-corrected chi connectivity index (χ4v) is 2.53. The van der Waals surface area contributed by atoms with Gasteiger partial charge in [-0.25, -0.2) is 9.97 Å². The number of aromatic nitrogens is 4. The second kappa shape index (κ2) is 4.76. The summed E-state index contributed by atoms with van der Waals surface area (Å²) in [6, 6.07) is 11.1. The summed E-state index contributed by atoms with van der Waals surface area (Å²) in [7, 11) is 0. The van der Waals surface area contributed by atoms with Crippen molar-refractivity contribution in [1.82, 2.24) is 19.9 Å². The van der Waals surface area contributed by atoms with Gasteiger partial charge in [0.1, 0.15) is 22.3 Å². The highest BCUT2D eigenvalue weighted by Crippen LogP contribution is 2.26. The van der Waals surface area contributed by atoms with Crippen molar-refractivity contribution < 1.29 is 0 Å². The molecule has 0 bridgehead atoms. The molecule has 4 rings (SSSR count). The summed E-state index contributed by atoms with van der Waals surface area (Å²) in [5.74, 6) is 0.542. The number of benzene rings is 1. The third-order valence-electron chi connectivity index (χ3n) is 3.37. The van der Waals surface area contributed by atoms with E-state index < -0.39 is 0 Å². The number of nitriles is 1. The minimum atomic E-state index is 0.423. The summed E-state index contributed by atoms with van der Waals surface area (Å²) in [5, 5.41) is 12.7. The van der Waals surface area contributed by atoms with Crippen LogP contribution in [-0.2, 0) is 0 Å². The molecule has 7 heteroatoms. The van der Waals surface area contributed by atoms with E-state index in [0.29, 0.717) is 22.2 Å². The van der Waals surface area contributed by atoms with Gasteiger partial charge in [-0.05, 0) is 24.3 Å². The molecule has 3 heterocycles. The zero-order valence-electron chi connectivity index (χ0n) is 11.2. The molecule has 22 heavy (non-hydrogen) atoms. The summed E-state index contributed by atoms with van der Waals surface area (Å²) in [5.41, 5.74) is 4.33. The molecule has 4 aromatic rings. The minimum absolute atomic E-state index is 0.423. The van der Waals surface area contributed by atoms with Gasteiger partial charge in [-0.3, -0.25) is 0 Å². The molecular formula is C15H9ClN6. The Morgan fingerprint density at radius 1 is 1.09 bits per heavy atom. The van der Waals surface area contributed by atoms with Crippen molar-refractivity contribution in [2.24, 2.45) is 0 Å². The number of para-hydroxylation sites is 1. The van der Waals surface area contributed by atoms with E-state index in [-0.39, 0.29) is 0 Å². The summed E-state index contributed by atoms with van der Waals surface area (Å²) in [6.45, 7) is 0. The van der Waals surface area contributed by atoms with Crippen molar-refractivity contribution in [2.75, 3.05) is 5.32 Å². The van der Waals surface area contributed by atoms with Crippen LogP contribution in [0.5, 0.6) is 0 Å². The van der Waals surface area contributed by atoms with Gasteiger partial charge in [0.05, 0.1) is 22.3 Å². The van der Waals surface area contributed by atoms with Crippen LogP contribution in [0.4, 0.5) is 11.6 Å². The topological polar surface area (TPSA) is 93.2 Å². The first-order valence-corrected chi connectivity index (χ1v) is 6.92. The second-order valence-electron chi connectivity index (χ2n) is 4.76. The predicted octanol–water partition coefficient (Wildman–Crippen LogP) is 3.71.